The Bertz CT molecular complexity index is 419. The first-order valence-corrected chi connectivity index (χ1v) is 6.47. The quantitative estimate of drug-likeness (QED) is 0.891. The normalized spacial score (nSPS) is 23.8. The molecule has 1 aliphatic rings. The van der Waals surface area contributed by atoms with Gasteiger partial charge in [-0.2, -0.15) is 0 Å². The average molecular weight is 249 g/mol. The topological polar surface area (TPSA) is 59.4 Å². The molecular formula is C14H19NO3. The van der Waals surface area contributed by atoms with Gasteiger partial charge in [-0.25, -0.2) is 9.78 Å². The molecule has 2 rings (SSSR count). The molecule has 1 fully saturated rings. The van der Waals surface area contributed by atoms with E-state index in [-0.39, 0.29) is 11.8 Å². The summed E-state index contributed by atoms with van der Waals surface area (Å²) in [4.78, 5) is 14.9. The van der Waals surface area contributed by atoms with Crippen molar-refractivity contribution in [2.75, 3.05) is 0 Å². The summed E-state index contributed by atoms with van der Waals surface area (Å²) in [5, 5.41) is 8.86. The fourth-order valence-electron chi connectivity index (χ4n) is 2.40. The highest BCUT2D eigenvalue weighted by atomic mass is 16.5. The van der Waals surface area contributed by atoms with Gasteiger partial charge >= 0.3 is 5.97 Å². The van der Waals surface area contributed by atoms with Crippen molar-refractivity contribution in [2.45, 2.75) is 45.3 Å². The van der Waals surface area contributed by atoms with E-state index < -0.39 is 5.97 Å². The average Bonchev–Trinajstić information content (AvgIpc) is 2.38. The standard InChI is InChI=1S/C14H19NO3/c1-10-5-2-3-8-13(10)18-9-11-6-4-7-12(15-11)14(16)17/h4,6-7,10,13H,2-3,5,8-9H2,1H3,(H,16,17). The third-order valence-electron chi connectivity index (χ3n) is 3.50. The van der Waals surface area contributed by atoms with E-state index in [2.05, 4.69) is 11.9 Å². The number of pyridine rings is 1. The van der Waals surface area contributed by atoms with E-state index in [1.807, 2.05) is 0 Å². The highest BCUT2D eigenvalue weighted by molar-refractivity contribution is 5.85. The molecule has 1 aliphatic carbocycles. The monoisotopic (exact) mass is 249 g/mol. The smallest absolute Gasteiger partial charge is 0.354 e. The molecule has 1 aromatic rings. The first kappa shape index (κ1) is 13.0. The highest BCUT2D eigenvalue weighted by Gasteiger charge is 2.21. The molecule has 0 saturated heterocycles. The Balaban J connectivity index is 1.93. The van der Waals surface area contributed by atoms with Crippen molar-refractivity contribution in [1.29, 1.82) is 0 Å². The van der Waals surface area contributed by atoms with Crippen LogP contribution >= 0.6 is 0 Å². The van der Waals surface area contributed by atoms with E-state index in [4.69, 9.17) is 9.84 Å². The van der Waals surface area contributed by atoms with E-state index in [1.54, 1.807) is 12.1 Å². The molecule has 0 spiro atoms. The number of ether oxygens (including phenoxy) is 1. The zero-order valence-electron chi connectivity index (χ0n) is 10.6. The van der Waals surface area contributed by atoms with Crippen LogP contribution in [0.25, 0.3) is 0 Å². The lowest BCUT2D eigenvalue weighted by atomic mass is 9.88. The summed E-state index contributed by atoms with van der Waals surface area (Å²) in [7, 11) is 0. The van der Waals surface area contributed by atoms with E-state index in [0.29, 0.717) is 18.2 Å². The number of carbonyl (C=O) groups is 1. The van der Waals surface area contributed by atoms with Crippen molar-refractivity contribution in [2.24, 2.45) is 5.92 Å². The fourth-order valence-corrected chi connectivity index (χ4v) is 2.40. The van der Waals surface area contributed by atoms with Crippen LogP contribution in [-0.4, -0.2) is 22.2 Å². The van der Waals surface area contributed by atoms with Gasteiger partial charge in [0.2, 0.25) is 0 Å². The maximum atomic E-state index is 10.8. The molecule has 0 amide bonds. The Hall–Kier alpha value is -1.42. The van der Waals surface area contributed by atoms with Crippen LogP contribution in [0.3, 0.4) is 0 Å². The Morgan fingerprint density at radius 3 is 2.94 bits per heavy atom. The van der Waals surface area contributed by atoms with Crippen molar-refractivity contribution in [3.8, 4) is 0 Å². The van der Waals surface area contributed by atoms with Gasteiger partial charge in [-0.1, -0.05) is 25.8 Å². The zero-order valence-corrected chi connectivity index (χ0v) is 10.6. The summed E-state index contributed by atoms with van der Waals surface area (Å²) >= 11 is 0. The van der Waals surface area contributed by atoms with Crippen LogP contribution in [-0.2, 0) is 11.3 Å². The van der Waals surface area contributed by atoms with Crippen molar-refractivity contribution >= 4 is 5.97 Å². The third-order valence-corrected chi connectivity index (χ3v) is 3.50. The summed E-state index contributed by atoms with van der Waals surface area (Å²) in [6, 6.07) is 5.01. The number of hydrogen-bond donors (Lipinski definition) is 1. The maximum Gasteiger partial charge on any atom is 0.354 e. The summed E-state index contributed by atoms with van der Waals surface area (Å²) in [6.45, 7) is 2.61. The number of carboxylic acid groups (broad SMARTS) is 1. The van der Waals surface area contributed by atoms with Crippen LogP contribution in [0.5, 0.6) is 0 Å². The van der Waals surface area contributed by atoms with Crippen molar-refractivity contribution in [3.05, 3.63) is 29.6 Å². The second-order valence-electron chi connectivity index (χ2n) is 4.93. The van der Waals surface area contributed by atoms with Crippen LogP contribution < -0.4 is 0 Å². The first-order chi connectivity index (χ1) is 8.66. The number of rotatable bonds is 4. The Labute approximate surface area is 107 Å². The second kappa shape index (κ2) is 5.96. The Morgan fingerprint density at radius 2 is 2.22 bits per heavy atom. The molecule has 0 bridgehead atoms. The molecule has 1 N–H and O–H groups in total. The van der Waals surface area contributed by atoms with Gasteiger partial charge in [-0.15, -0.1) is 0 Å². The van der Waals surface area contributed by atoms with Gasteiger partial charge in [0.15, 0.2) is 0 Å². The van der Waals surface area contributed by atoms with Gasteiger partial charge in [-0.3, -0.25) is 0 Å². The van der Waals surface area contributed by atoms with Crippen molar-refractivity contribution in [1.82, 2.24) is 4.98 Å². The fraction of sp³-hybridized carbons (Fsp3) is 0.571. The molecule has 4 heteroatoms. The Kier molecular flexibility index (Phi) is 4.31. The maximum absolute atomic E-state index is 10.8. The minimum atomic E-state index is -0.997. The molecule has 0 radical (unpaired) electrons. The number of aromatic nitrogens is 1. The van der Waals surface area contributed by atoms with Crippen LogP contribution in [0, 0.1) is 5.92 Å². The van der Waals surface area contributed by atoms with E-state index in [0.717, 1.165) is 6.42 Å². The third kappa shape index (κ3) is 3.29. The molecule has 2 atom stereocenters. The molecule has 18 heavy (non-hydrogen) atoms. The lowest BCUT2D eigenvalue weighted by Gasteiger charge is -2.28. The highest BCUT2D eigenvalue weighted by Crippen LogP contribution is 2.26. The number of hydrogen-bond acceptors (Lipinski definition) is 3. The van der Waals surface area contributed by atoms with E-state index in [9.17, 15) is 4.79 Å². The Morgan fingerprint density at radius 1 is 1.44 bits per heavy atom. The molecular weight excluding hydrogens is 230 g/mol. The van der Waals surface area contributed by atoms with Crippen LogP contribution in [0.2, 0.25) is 0 Å². The lowest BCUT2D eigenvalue weighted by Crippen LogP contribution is -2.25. The summed E-state index contributed by atoms with van der Waals surface area (Å²) < 4.78 is 5.86. The van der Waals surface area contributed by atoms with Crippen molar-refractivity contribution in [3.63, 3.8) is 0 Å². The lowest BCUT2D eigenvalue weighted by molar-refractivity contribution is -0.0168. The molecule has 0 aromatic carbocycles. The van der Waals surface area contributed by atoms with Gasteiger partial charge in [0.25, 0.3) is 0 Å². The number of carboxylic acids is 1. The summed E-state index contributed by atoms with van der Waals surface area (Å²) in [5.41, 5.74) is 0.764. The predicted octanol–water partition coefficient (Wildman–Crippen LogP) is 2.88. The van der Waals surface area contributed by atoms with Gasteiger partial charge in [0.05, 0.1) is 18.4 Å². The first-order valence-electron chi connectivity index (χ1n) is 6.47. The number of aromatic carboxylic acids is 1. The second-order valence-corrected chi connectivity index (χ2v) is 4.93. The zero-order chi connectivity index (χ0) is 13.0. The van der Waals surface area contributed by atoms with Gasteiger partial charge in [0, 0.05) is 0 Å². The summed E-state index contributed by atoms with van der Waals surface area (Å²) in [6.07, 6.45) is 5.10. The number of nitrogens with zero attached hydrogens (tertiary/aromatic N) is 1. The summed E-state index contributed by atoms with van der Waals surface area (Å²) in [5.74, 6) is -0.413. The molecule has 98 valence electrons. The SMILES string of the molecule is CC1CCCCC1OCc1cccc(C(=O)O)n1. The van der Waals surface area contributed by atoms with Gasteiger partial charge < -0.3 is 9.84 Å². The minimum absolute atomic E-state index is 0.0767. The molecule has 1 heterocycles. The van der Waals surface area contributed by atoms with Gasteiger partial charge in [0.1, 0.15) is 5.69 Å². The molecule has 4 nitrogen and oxygen atoms in total. The van der Waals surface area contributed by atoms with Crippen LogP contribution in [0.1, 0.15) is 48.8 Å². The molecule has 1 aromatic heterocycles. The minimum Gasteiger partial charge on any atom is -0.477 e. The van der Waals surface area contributed by atoms with Gasteiger partial charge in [-0.05, 0) is 30.9 Å². The molecule has 1 saturated carbocycles. The largest absolute Gasteiger partial charge is 0.477 e. The van der Waals surface area contributed by atoms with Crippen LogP contribution in [0.15, 0.2) is 18.2 Å². The predicted molar refractivity (Wildman–Crippen MR) is 67.4 cm³/mol. The molecule has 2 unspecified atom stereocenters. The molecule has 0 aliphatic heterocycles. The van der Waals surface area contributed by atoms with Crippen molar-refractivity contribution < 1.29 is 14.6 Å². The van der Waals surface area contributed by atoms with E-state index in [1.165, 1.54) is 25.3 Å². The van der Waals surface area contributed by atoms with E-state index >= 15 is 0 Å². The van der Waals surface area contributed by atoms with Crippen LogP contribution in [0.4, 0.5) is 0 Å².